The number of esters is 1. The molecule has 0 aliphatic rings. The van der Waals surface area contributed by atoms with Crippen LogP contribution in [0.3, 0.4) is 0 Å². The van der Waals surface area contributed by atoms with Crippen molar-refractivity contribution in [3.63, 3.8) is 0 Å². The monoisotopic (exact) mass is 440 g/mol. The summed E-state index contributed by atoms with van der Waals surface area (Å²) in [5, 5.41) is 20.3. The number of halogens is 3. The van der Waals surface area contributed by atoms with Crippen LogP contribution in [-0.2, 0) is 16.0 Å². The molecule has 6 nitrogen and oxygen atoms in total. The summed E-state index contributed by atoms with van der Waals surface area (Å²) in [6, 6.07) is 6.27. The highest BCUT2D eigenvalue weighted by atomic mass is 35.5. The molecule has 2 aromatic rings. The highest BCUT2D eigenvalue weighted by Crippen LogP contribution is 2.33. The van der Waals surface area contributed by atoms with Crippen molar-refractivity contribution in [1.82, 2.24) is 4.98 Å². The maximum atomic E-state index is 12.4. The molecule has 0 amide bonds. The molecule has 0 radical (unpaired) electrons. The van der Waals surface area contributed by atoms with Crippen LogP contribution >= 0.6 is 34.8 Å². The predicted molar refractivity (Wildman–Crippen MR) is 105 cm³/mol. The van der Waals surface area contributed by atoms with E-state index in [1.165, 1.54) is 6.07 Å². The van der Waals surface area contributed by atoms with Crippen molar-refractivity contribution in [1.29, 1.82) is 5.26 Å². The van der Waals surface area contributed by atoms with Gasteiger partial charge in [-0.05, 0) is 30.7 Å². The number of carbonyl (C=O) groups excluding carboxylic acids is 2. The summed E-state index contributed by atoms with van der Waals surface area (Å²) < 4.78 is 4.78. The molecule has 1 N–H and O–H groups in total. The molecule has 0 aliphatic heterocycles. The molecule has 28 heavy (non-hydrogen) atoms. The number of rotatable bonds is 7. The van der Waals surface area contributed by atoms with Crippen LogP contribution in [0.1, 0.15) is 47.1 Å². The molecule has 0 atom stereocenters. The molecule has 1 heterocycles. The van der Waals surface area contributed by atoms with Gasteiger partial charge in [0, 0.05) is 23.6 Å². The minimum atomic E-state index is -0.591. The topological polar surface area (TPSA) is 100 Å². The third kappa shape index (κ3) is 5.14. The molecule has 0 aliphatic carbocycles. The fourth-order valence-corrected chi connectivity index (χ4v) is 3.12. The number of nitrogens with zero attached hydrogens (tertiary/aromatic N) is 2. The number of aromatic nitrogens is 1. The lowest BCUT2D eigenvalue weighted by Crippen LogP contribution is -2.11. The Labute approximate surface area is 176 Å². The minimum absolute atomic E-state index is 0.0886. The number of carbonyl (C=O) groups is 2. The van der Waals surface area contributed by atoms with E-state index in [0.717, 1.165) is 0 Å². The Bertz CT molecular complexity index is 971. The minimum Gasteiger partial charge on any atom is -0.504 e. The number of ketones is 1. The van der Waals surface area contributed by atoms with Crippen molar-refractivity contribution >= 4 is 46.6 Å². The third-order valence-electron chi connectivity index (χ3n) is 3.79. The van der Waals surface area contributed by atoms with E-state index in [4.69, 9.17) is 39.5 Å². The van der Waals surface area contributed by atoms with E-state index < -0.39 is 17.5 Å². The maximum Gasteiger partial charge on any atom is 0.306 e. The van der Waals surface area contributed by atoms with Crippen molar-refractivity contribution < 1.29 is 19.4 Å². The molecule has 0 spiro atoms. The van der Waals surface area contributed by atoms with Gasteiger partial charge in [0.05, 0.1) is 28.6 Å². The summed E-state index contributed by atoms with van der Waals surface area (Å²) in [6.45, 7) is 1.85. The van der Waals surface area contributed by atoms with E-state index in [1.54, 1.807) is 19.1 Å². The summed E-state index contributed by atoms with van der Waals surface area (Å²) in [5.74, 6) is -1.67. The van der Waals surface area contributed by atoms with E-state index in [-0.39, 0.29) is 42.1 Å². The van der Waals surface area contributed by atoms with Crippen LogP contribution in [-0.4, -0.2) is 28.4 Å². The lowest BCUT2D eigenvalue weighted by atomic mass is 10.0. The summed E-state index contributed by atoms with van der Waals surface area (Å²) >= 11 is 18.4. The third-order valence-corrected chi connectivity index (χ3v) is 4.99. The number of ether oxygens (including phenoxy) is 1. The Hall–Kier alpha value is -2.33. The smallest absolute Gasteiger partial charge is 0.306 e. The van der Waals surface area contributed by atoms with Gasteiger partial charge < -0.3 is 9.84 Å². The SMILES string of the molecule is CCOC(=O)CCC(=O)c1nc(Cc2c(Cl)ccc(Cl)c2Cl)cc(C#N)c1O. The molecule has 0 saturated heterocycles. The number of nitriles is 1. The fourth-order valence-electron chi connectivity index (χ4n) is 2.44. The van der Waals surface area contributed by atoms with Gasteiger partial charge in [0.1, 0.15) is 11.8 Å². The highest BCUT2D eigenvalue weighted by molar-refractivity contribution is 6.44. The second-order valence-electron chi connectivity index (χ2n) is 5.70. The second-order valence-corrected chi connectivity index (χ2v) is 6.89. The number of aromatic hydroxyl groups is 1. The van der Waals surface area contributed by atoms with Gasteiger partial charge in [0.25, 0.3) is 0 Å². The van der Waals surface area contributed by atoms with Crippen LogP contribution in [0.5, 0.6) is 5.75 Å². The largest absolute Gasteiger partial charge is 0.504 e. The van der Waals surface area contributed by atoms with Gasteiger partial charge >= 0.3 is 5.97 Å². The molecule has 2 rings (SSSR count). The zero-order valence-electron chi connectivity index (χ0n) is 14.8. The van der Waals surface area contributed by atoms with Gasteiger partial charge in [-0.2, -0.15) is 5.26 Å². The Morgan fingerprint density at radius 1 is 1.21 bits per heavy atom. The summed E-state index contributed by atoms with van der Waals surface area (Å²) in [5.41, 5.74) is 0.342. The normalized spacial score (nSPS) is 10.4. The second kappa shape index (κ2) is 9.74. The number of Topliss-reactive ketones (excluding diaryl/α,β-unsaturated/α-hetero) is 1. The molecular weight excluding hydrogens is 427 g/mol. The summed E-state index contributed by atoms with van der Waals surface area (Å²) in [6.07, 6.45) is -0.288. The lowest BCUT2D eigenvalue weighted by molar-refractivity contribution is -0.143. The molecule has 0 bridgehead atoms. The Kier molecular flexibility index (Phi) is 7.64. The average molecular weight is 442 g/mol. The zero-order valence-corrected chi connectivity index (χ0v) is 17.0. The lowest BCUT2D eigenvalue weighted by Gasteiger charge is -2.11. The van der Waals surface area contributed by atoms with Gasteiger partial charge in [0.2, 0.25) is 0 Å². The van der Waals surface area contributed by atoms with Crippen LogP contribution in [0, 0.1) is 11.3 Å². The molecule has 9 heteroatoms. The van der Waals surface area contributed by atoms with Crippen LogP contribution in [0.2, 0.25) is 15.1 Å². The number of hydrogen-bond acceptors (Lipinski definition) is 6. The van der Waals surface area contributed by atoms with Crippen LogP contribution in [0.15, 0.2) is 18.2 Å². The van der Waals surface area contributed by atoms with Gasteiger partial charge in [-0.1, -0.05) is 34.8 Å². The average Bonchev–Trinajstić information content (AvgIpc) is 2.67. The highest BCUT2D eigenvalue weighted by Gasteiger charge is 2.21. The van der Waals surface area contributed by atoms with E-state index in [2.05, 4.69) is 4.98 Å². The fraction of sp³-hybridized carbons (Fsp3) is 0.263. The maximum absolute atomic E-state index is 12.4. The Morgan fingerprint density at radius 2 is 1.89 bits per heavy atom. The Balaban J connectivity index is 2.37. The van der Waals surface area contributed by atoms with Gasteiger partial charge in [-0.25, -0.2) is 4.98 Å². The first-order chi connectivity index (χ1) is 13.3. The quantitative estimate of drug-likeness (QED) is 0.378. The molecule has 0 unspecified atom stereocenters. The summed E-state index contributed by atoms with van der Waals surface area (Å²) in [7, 11) is 0. The first-order valence-electron chi connectivity index (χ1n) is 8.22. The van der Waals surface area contributed by atoms with Gasteiger partial charge in [0.15, 0.2) is 11.5 Å². The Morgan fingerprint density at radius 3 is 2.54 bits per heavy atom. The summed E-state index contributed by atoms with van der Waals surface area (Å²) in [4.78, 5) is 28.0. The van der Waals surface area contributed by atoms with Gasteiger partial charge in [-0.15, -0.1) is 0 Å². The van der Waals surface area contributed by atoms with E-state index in [9.17, 15) is 20.0 Å². The van der Waals surface area contributed by atoms with Crippen molar-refractivity contribution in [2.75, 3.05) is 6.61 Å². The van der Waals surface area contributed by atoms with Crippen LogP contribution < -0.4 is 0 Å². The molecule has 146 valence electrons. The molecule has 1 aromatic carbocycles. The van der Waals surface area contributed by atoms with E-state index in [0.29, 0.717) is 21.3 Å². The molecule has 0 saturated carbocycles. The van der Waals surface area contributed by atoms with Crippen molar-refractivity contribution in [3.05, 3.63) is 55.8 Å². The molecule has 1 aromatic heterocycles. The number of pyridine rings is 1. The van der Waals surface area contributed by atoms with Crippen LogP contribution in [0.25, 0.3) is 0 Å². The standard InChI is InChI=1S/C19H15Cl3N2O4/c1-2-28-16(26)6-5-15(25)18-19(27)10(9-23)7-11(24-18)8-12-13(20)3-4-14(21)17(12)22/h3-4,7,27H,2,5-6,8H2,1H3. The number of hydrogen-bond donors (Lipinski definition) is 1. The first kappa shape index (κ1) is 22.0. The molecule has 0 fully saturated rings. The van der Waals surface area contributed by atoms with Crippen LogP contribution in [0.4, 0.5) is 0 Å². The van der Waals surface area contributed by atoms with Crippen molar-refractivity contribution in [3.8, 4) is 11.8 Å². The van der Waals surface area contributed by atoms with E-state index >= 15 is 0 Å². The number of benzene rings is 1. The molecular formula is C19H15Cl3N2O4. The van der Waals surface area contributed by atoms with E-state index in [1.807, 2.05) is 6.07 Å². The zero-order chi connectivity index (χ0) is 20.8. The first-order valence-corrected chi connectivity index (χ1v) is 9.36. The predicted octanol–water partition coefficient (Wildman–Crippen LogP) is 4.74. The van der Waals surface area contributed by atoms with Gasteiger partial charge in [-0.3, -0.25) is 9.59 Å². The van der Waals surface area contributed by atoms with Crippen molar-refractivity contribution in [2.24, 2.45) is 0 Å². The van der Waals surface area contributed by atoms with Crippen molar-refractivity contribution in [2.45, 2.75) is 26.2 Å².